The third kappa shape index (κ3) is 3.77. The number of benzene rings is 1. The van der Waals surface area contributed by atoms with Gasteiger partial charge in [0, 0.05) is 31.2 Å². The van der Waals surface area contributed by atoms with Crippen LogP contribution in [0, 0.1) is 5.92 Å². The Balaban J connectivity index is 1.50. The highest BCUT2D eigenvalue weighted by Crippen LogP contribution is 2.36. The van der Waals surface area contributed by atoms with Gasteiger partial charge in [-0.1, -0.05) is 12.8 Å². The number of hydrogen-bond acceptors (Lipinski definition) is 4. The standard InChI is InChI=1S/C20H28N2O4S/c23-20(22-11-3-5-16-4-1-2-6-19(16)22)17-7-9-18(10-8-17)27(24,25)21-12-14-26-15-13-21/h7-10,16,19H,1-6,11-15H2/t16-,19-/m0/s1. The Bertz CT molecular complexity index is 770. The van der Waals surface area contributed by atoms with Crippen molar-refractivity contribution in [1.29, 1.82) is 0 Å². The van der Waals surface area contributed by atoms with Gasteiger partial charge >= 0.3 is 0 Å². The normalized spacial score (nSPS) is 27.2. The molecule has 148 valence electrons. The van der Waals surface area contributed by atoms with Crippen molar-refractivity contribution in [1.82, 2.24) is 9.21 Å². The van der Waals surface area contributed by atoms with Gasteiger partial charge in [-0.2, -0.15) is 4.31 Å². The molecule has 27 heavy (non-hydrogen) atoms. The lowest BCUT2D eigenvalue weighted by Crippen LogP contribution is -2.49. The minimum Gasteiger partial charge on any atom is -0.379 e. The van der Waals surface area contributed by atoms with E-state index in [0.717, 1.165) is 19.4 Å². The maximum Gasteiger partial charge on any atom is 0.254 e. The van der Waals surface area contributed by atoms with Gasteiger partial charge < -0.3 is 9.64 Å². The molecule has 0 N–H and O–H groups in total. The zero-order chi connectivity index (χ0) is 18.9. The van der Waals surface area contributed by atoms with Crippen LogP contribution in [0.2, 0.25) is 0 Å². The molecule has 1 aromatic rings. The SMILES string of the molecule is O=C(c1ccc(S(=O)(=O)N2CCOCC2)cc1)N1CCC[C@@H]2CCCC[C@@H]21. The van der Waals surface area contributed by atoms with Crippen LogP contribution in [0.3, 0.4) is 0 Å². The average Bonchev–Trinajstić information content (AvgIpc) is 2.73. The van der Waals surface area contributed by atoms with Crippen LogP contribution in [0.4, 0.5) is 0 Å². The predicted molar refractivity (Wildman–Crippen MR) is 102 cm³/mol. The number of carbonyl (C=O) groups excluding carboxylic acids is 1. The summed E-state index contributed by atoms with van der Waals surface area (Å²) in [4.78, 5) is 15.4. The van der Waals surface area contributed by atoms with Gasteiger partial charge in [-0.25, -0.2) is 8.42 Å². The fourth-order valence-corrected chi connectivity index (χ4v) is 6.16. The number of hydrogen-bond donors (Lipinski definition) is 0. The number of morpholine rings is 1. The lowest BCUT2D eigenvalue weighted by molar-refractivity contribution is 0.0390. The molecule has 1 amide bonds. The van der Waals surface area contributed by atoms with E-state index >= 15 is 0 Å². The number of carbonyl (C=O) groups is 1. The maximum atomic E-state index is 13.1. The van der Waals surface area contributed by atoms with Crippen molar-refractivity contribution < 1.29 is 17.9 Å². The lowest BCUT2D eigenvalue weighted by Gasteiger charge is -2.44. The van der Waals surface area contributed by atoms with Gasteiger partial charge in [0.25, 0.3) is 5.91 Å². The number of nitrogens with zero attached hydrogens (tertiary/aromatic N) is 2. The molecule has 0 bridgehead atoms. The van der Waals surface area contributed by atoms with E-state index in [4.69, 9.17) is 4.74 Å². The predicted octanol–water partition coefficient (Wildman–Crippen LogP) is 2.50. The highest BCUT2D eigenvalue weighted by molar-refractivity contribution is 7.89. The minimum atomic E-state index is -3.52. The molecular formula is C20H28N2O4S. The summed E-state index contributed by atoms with van der Waals surface area (Å²) in [5.74, 6) is 0.680. The van der Waals surface area contributed by atoms with Crippen molar-refractivity contribution >= 4 is 15.9 Å². The molecule has 1 aromatic carbocycles. The number of rotatable bonds is 3. The molecule has 0 spiro atoms. The molecule has 0 radical (unpaired) electrons. The third-order valence-electron chi connectivity index (χ3n) is 6.21. The van der Waals surface area contributed by atoms with Gasteiger partial charge in [-0.3, -0.25) is 4.79 Å². The Morgan fingerprint density at radius 1 is 0.926 bits per heavy atom. The zero-order valence-electron chi connectivity index (χ0n) is 15.7. The fraction of sp³-hybridized carbons (Fsp3) is 0.650. The molecule has 2 atom stereocenters. The quantitative estimate of drug-likeness (QED) is 0.793. The fourth-order valence-electron chi connectivity index (χ4n) is 4.75. The molecule has 1 aliphatic carbocycles. The summed E-state index contributed by atoms with van der Waals surface area (Å²) < 4.78 is 32.2. The van der Waals surface area contributed by atoms with Crippen LogP contribution in [0.25, 0.3) is 0 Å². The van der Waals surface area contributed by atoms with Gasteiger partial charge in [0.15, 0.2) is 0 Å². The molecule has 3 fully saturated rings. The van der Waals surface area contributed by atoms with Crippen LogP contribution in [0.5, 0.6) is 0 Å². The molecule has 0 aromatic heterocycles. The number of fused-ring (bicyclic) bond motifs is 1. The Kier molecular flexibility index (Phi) is 5.53. The molecule has 1 saturated carbocycles. The van der Waals surface area contributed by atoms with E-state index in [1.807, 2.05) is 4.90 Å². The van der Waals surface area contributed by atoms with Crippen LogP contribution >= 0.6 is 0 Å². The van der Waals surface area contributed by atoms with Crippen molar-refractivity contribution in [2.24, 2.45) is 5.92 Å². The average molecular weight is 393 g/mol. The summed E-state index contributed by atoms with van der Waals surface area (Å²) in [6.45, 7) is 2.41. The number of amides is 1. The summed E-state index contributed by atoms with van der Waals surface area (Å²) in [7, 11) is -3.52. The summed E-state index contributed by atoms with van der Waals surface area (Å²) in [5, 5.41) is 0. The van der Waals surface area contributed by atoms with Gasteiger partial charge in [0.1, 0.15) is 0 Å². The molecule has 2 heterocycles. The first kappa shape index (κ1) is 18.9. The molecule has 2 aliphatic heterocycles. The van der Waals surface area contributed by atoms with Crippen LogP contribution < -0.4 is 0 Å². The van der Waals surface area contributed by atoms with Crippen LogP contribution in [0.15, 0.2) is 29.2 Å². The number of ether oxygens (including phenoxy) is 1. The maximum absolute atomic E-state index is 13.1. The van der Waals surface area contributed by atoms with Crippen LogP contribution in [-0.4, -0.2) is 62.4 Å². The molecular weight excluding hydrogens is 364 g/mol. The smallest absolute Gasteiger partial charge is 0.254 e. The van der Waals surface area contributed by atoms with E-state index in [-0.39, 0.29) is 10.8 Å². The number of likely N-dealkylation sites (tertiary alicyclic amines) is 1. The van der Waals surface area contributed by atoms with Gasteiger partial charge in [0.2, 0.25) is 10.0 Å². The Morgan fingerprint density at radius 2 is 1.59 bits per heavy atom. The lowest BCUT2D eigenvalue weighted by atomic mass is 9.78. The summed E-state index contributed by atoms with van der Waals surface area (Å²) >= 11 is 0. The van der Waals surface area contributed by atoms with Gasteiger partial charge in [-0.05, 0) is 55.9 Å². The van der Waals surface area contributed by atoms with Crippen molar-refractivity contribution in [2.75, 3.05) is 32.8 Å². The molecule has 7 heteroatoms. The third-order valence-corrected chi connectivity index (χ3v) is 8.13. The first-order valence-electron chi connectivity index (χ1n) is 10.1. The van der Waals surface area contributed by atoms with Crippen molar-refractivity contribution in [3.05, 3.63) is 29.8 Å². The van der Waals surface area contributed by atoms with E-state index in [1.54, 1.807) is 24.3 Å². The zero-order valence-corrected chi connectivity index (χ0v) is 16.5. The van der Waals surface area contributed by atoms with Crippen LogP contribution in [-0.2, 0) is 14.8 Å². The topological polar surface area (TPSA) is 66.9 Å². The van der Waals surface area contributed by atoms with Gasteiger partial charge in [-0.15, -0.1) is 0 Å². The number of piperidine rings is 1. The van der Waals surface area contributed by atoms with Crippen molar-refractivity contribution in [2.45, 2.75) is 49.5 Å². The van der Waals surface area contributed by atoms with E-state index in [9.17, 15) is 13.2 Å². The van der Waals surface area contributed by atoms with Crippen LogP contribution in [0.1, 0.15) is 48.9 Å². The first-order chi connectivity index (χ1) is 13.1. The molecule has 2 saturated heterocycles. The van der Waals surface area contributed by atoms with E-state index in [0.29, 0.717) is 43.8 Å². The summed E-state index contributed by atoms with van der Waals surface area (Å²) in [5.41, 5.74) is 0.585. The highest BCUT2D eigenvalue weighted by atomic mass is 32.2. The van der Waals surface area contributed by atoms with E-state index in [1.165, 1.54) is 30.0 Å². The largest absolute Gasteiger partial charge is 0.379 e. The van der Waals surface area contributed by atoms with Crippen molar-refractivity contribution in [3.63, 3.8) is 0 Å². The highest BCUT2D eigenvalue weighted by Gasteiger charge is 2.36. The second-order valence-electron chi connectivity index (χ2n) is 7.79. The summed E-state index contributed by atoms with van der Waals surface area (Å²) in [6, 6.07) is 6.84. The second kappa shape index (κ2) is 7.89. The number of sulfonamides is 1. The Morgan fingerprint density at radius 3 is 2.33 bits per heavy atom. The molecule has 6 nitrogen and oxygen atoms in total. The molecule has 0 unspecified atom stereocenters. The Hall–Kier alpha value is -1.44. The summed E-state index contributed by atoms with van der Waals surface area (Å²) in [6.07, 6.45) is 7.09. The van der Waals surface area contributed by atoms with Gasteiger partial charge in [0.05, 0.1) is 18.1 Å². The molecule has 3 aliphatic rings. The first-order valence-corrected chi connectivity index (χ1v) is 11.5. The van der Waals surface area contributed by atoms with Crippen molar-refractivity contribution in [3.8, 4) is 0 Å². The Labute approximate surface area is 161 Å². The minimum absolute atomic E-state index is 0.0434. The molecule has 4 rings (SSSR count). The van der Waals surface area contributed by atoms with E-state index < -0.39 is 10.0 Å². The second-order valence-corrected chi connectivity index (χ2v) is 9.73. The monoisotopic (exact) mass is 392 g/mol. The van der Waals surface area contributed by atoms with E-state index in [2.05, 4.69) is 0 Å².